The lowest BCUT2D eigenvalue weighted by Gasteiger charge is -2.26. The van der Waals surface area contributed by atoms with Crippen molar-refractivity contribution in [1.82, 2.24) is 5.32 Å². The summed E-state index contributed by atoms with van der Waals surface area (Å²) < 4.78 is 5.40. The van der Waals surface area contributed by atoms with Crippen LogP contribution in [0.15, 0.2) is 24.3 Å². The van der Waals surface area contributed by atoms with Gasteiger partial charge in [0.2, 0.25) is 5.91 Å². The SMILES string of the molecule is COc1ccccc1CC(NC(=O)C1CCCC1O)C(C)C. The quantitative estimate of drug-likeness (QED) is 0.849. The zero-order chi connectivity index (χ0) is 16.1. The predicted molar refractivity (Wildman–Crippen MR) is 86.8 cm³/mol. The molecule has 122 valence electrons. The molecule has 1 aliphatic carbocycles. The minimum atomic E-state index is -0.487. The zero-order valence-corrected chi connectivity index (χ0v) is 13.7. The second-order valence-corrected chi connectivity index (χ2v) is 6.48. The summed E-state index contributed by atoms with van der Waals surface area (Å²) in [6.07, 6.45) is 2.69. The maximum Gasteiger partial charge on any atom is 0.225 e. The molecule has 2 rings (SSSR count). The molecule has 1 aliphatic rings. The molecule has 1 fully saturated rings. The number of amides is 1. The van der Waals surface area contributed by atoms with E-state index < -0.39 is 6.10 Å². The molecule has 1 saturated carbocycles. The van der Waals surface area contributed by atoms with Crippen LogP contribution in [0, 0.1) is 11.8 Å². The number of para-hydroxylation sites is 1. The molecule has 3 atom stereocenters. The van der Waals surface area contributed by atoms with Gasteiger partial charge in [0.15, 0.2) is 0 Å². The lowest BCUT2D eigenvalue weighted by Crippen LogP contribution is -2.44. The van der Waals surface area contributed by atoms with E-state index in [2.05, 4.69) is 19.2 Å². The van der Waals surface area contributed by atoms with Crippen molar-refractivity contribution in [2.24, 2.45) is 11.8 Å². The van der Waals surface area contributed by atoms with Crippen molar-refractivity contribution >= 4 is 5.91 Å². The van der Waals surface area contributed by atoms with Crippen molar-refractivity contribution in [3.05, 3.63) is 29.8 Å². The van der Waals surface area contributed by atoms with Crippen LogP contribution in [0.3, 0.4) is 0 Å². The van der Waals surface area contributed by atoms with E-state index in [1.807, 2.05) is 24.3 Å². The first kappa shape index (κ1) is 16.8. The third-order valence-corrected chi connectivity index (χ3v) is 4.58. The molecule has 22 heavy (non-hydrogen) atoms. The lowest BCUT2D eigenvalue weighted by atomic mass is 9.94. The van der Waals surface area contributed by atoms with Gasteiger partial charge in [0.05, 0.1) is 19.1 Å². The van der Waals surface area contributed by atoms with Crippen LogP contribution in [-0.4, -0.2) is 30.3 Å². The smallest absolute Gasteiger partial charge is 0.225 e. The van der Waals surface area contributed by atoms with E-state index in [1.165, 1.54) is 0 Å². The summed E-state index contributed by atoms with van der Waals surface area (Å²) in [6, 6.07) is 7.94. The Bertz CT molecular complexity index is 501. The molecule has 0 saturated heterocycles. The number of carbonyl (C=O) groups excluding carboxylic acids is 1. The monoisotopic (exact) mass is 305 g/mol. The summed E-state index contributed by atoms with van der Waals surface area (Å²) >= 11 is 0. The highest BCUT2D eigenvalue weighted by molar-refractivity contribution is 5.79. The third kappa shape index (κ3) is 4.01. The number of aliphatic hydroxyl groups is 1. The van der Waals surface area contributed by atoms with Gasteiger partial charge in [0.25, 0.3) is 0 Å². The van der Waals surface area contributed by atoms with Gasteiger partial charge in [0.1, 0.15) is 5.75 Å². The molecule has 4 nitrogen and oxygen atoms in total. The second-order valence-electron chi connectivity index (χ2n) is 6.48. The second kappa shape index (κ2) is 7.63. The Morgan fingerprint density at radius 3 is 2.68 bits per heavy atom. The molecule has 4 heteroatoms. The number of rotatable bonds is 6. The number of hydrogen-bond donors (Lipinski definition) is 2. The fourth-order valence-corrected chi connectivity index (χ4v) is 3.10. The molecule has 2 N–H and O–H groups in total. The Kier molecular flexibility index (Phi) is 5.83. The van der Waals surface area contributed by atoms with Crippen molar-refractivity contribution < 1.29 is 14.6 Å². The largest absolute Gasteiger partial charge is 0.496 e. The van der Waals surface area contributed by atoms with Crippen LogP contribution in [0.2, 0.25) is 0 Å². The van der Waals surface area contributed by atoms with Crippen LogP contribution in [0.25, 0.3) is 0 Å². The molecule has 1 amide bonds. The Hall–Kier alpha value is -1.55. The summed E-state index contributed by atoms with van der Waals surface area (Å²) in [5.74, 6) is 0.897. The van der Waals surface area contributed by atoms with Crippen molar-refractivity contribution in [3.63, 3.8) is 0 Å². The van der Waals surface area contributed by atoms with Crippen molar-refractivity contribution in [2.75, 3.05) is 7.11 Å². The molecule has 0 bridgehead atoms. The van der Waals surface area contributed by atoms with E-state index in [0.717, 1.165) is 37.0 Å². The van der Waals surface area contributed by atoms with Crippen molar-refractivity contribution in [1.29, 1.82) is 0 Å². The standard InChI is InChI=1S/C18H27NO3/c1-12(2)15(11-13-7-4-5-10-17(13)22-3)19-18(21)14-8-6-9-16(14)20/h4-5,7,10,12,14-16,20H,6,8-9,11H2,1-3H3,(H,19,21). The minimum absolute atomic E-state index is 0.0152. The topological polar surface area (TPSA) is 58.6 Å². The molecule has 3 unspecified atom stereocenters. The van der Waals surface area contributed by atoms with Gasteiger partial charge in [-0.2, -0.15) is 0 Å². The Balaban J connectivity index is 2.05. The number of carbonyl (C=O) groups is 1. The van der Waals surface area contributed by atoms with Crippen LogP contribution in [0.1, 0.15) is 38.7 Å². The fourth-order valence-electron chi connectivity index (χ4n) is 3.10. The Labute approximate surface area is 132 Å². The Morgan fingerprint density at radius 2 is 2.09 bits per heavy atom. The Morgan fingerprint density at radius 1 is 1.36 bits per heavy atom. The van der Waals surface area contributed by atoms with Gasteiger partial charge in [-0.3, -0.25) is 4.79 Å². The van der Waals surface area contributed by atoms with Crippen molar-refractivity contribution in [3.8, 4) is 5.75 Å². The maximum atomic E-state index is 12.4. The van der Waals surface area contributed by atoms with E-state index in [1.54, 1.807) is 7.11 Å². The first-order valence-electron chi connectivity index (χ1n) is 8.13. The van der Waals surface area contributed by atoms with E-state index in [-0.39, 0.29) is 17.9 Å². The maximum absolute atomic E-state index is 12.4. The summed E-state index contributed by atoms with van der Waals surface area (Å²) in [4.78, 5) is 12.4. The van der Waals surface area contributed by atoms with Crippen LogP contribution < -0.4 is 10.1 Å². The van der Waals surface area contributed by atoms with Gasteiger partial charge in [-0.15, -0.1) is 0 Å². The molecule has 0 spiro atoms. The van der Waals surface area contributed by atoms with Crippen LogP contribution >= 0.6 is 0 Å². The number of methoxy groups -OCH3 is 1. The van der Waals surface area contributed by atoms with E-state index >= 15 is 0 Å². The zero-order valence-electron chi connectivity index (χ0n) is 13.7. The van der Waals surface area contributed by atoms with E-state index in [4.69, 9.17) is 4.74 Å². The van der Waals surface area contributed by atoms with E-state index in [9.17, 15) is 9.90 Å². The van der Waals surface area contributed by atoms with Gasteiger partial charge in [-0.1, -0.05) is 32.0 Å². The summed E-state index contributed by atoms with van der Waals surface area (Å²) in [5.41, 5.74) is 1.09. The summed E-state index contributed by atoms with van der Waals surface area (Å²) in [5, 5.41) is 13.0. The van der Waals surface area contributed by atoms with E-state index in [0.29, 0.717) is 5.92 Å². The molecule has 0 heterocycles. The average molecular weight is 305 g/mol. The first-order chi connectivity index (χ1) is 10.5. The van der Waals surface area contributed by atoms with Crippen molar-refractivity contribution in [2.45, 2.75) is 51.7 Å². The minimum Gasteiger partial charge on any atom is -0.496 e. The summed E-state index contributed by atoms with van der Waals surface area (Å²) in [6.45, 7) is 4.21. The lowest BCUT2D eigenvalue weighted by molar-refractivity contribution is -0.128. The number of ether oxygens (including phenoxy) is 1. The molecule has 0 aliphatic heterocycles. The van der Waals surface area contributed by atoms with Gasteiger partial charge >= 0.3 is 0 Å². The molecule has 1 aromatic carbocycles. The summed E-state index contributed by atoms with van der Waals surface area (Å²) in [7, 11) is 1.66. The first-order valence-corrected chi connectivity index (χ1v) is 8.13. The molecule has 1 aromatic rings. The van der Waals surface area contributed by atoms with Gasteiger partial charge < -0.3 is 15.2 Å². The van der Waals surface area contributed by atoms with Crippen LogP contribution in [0.5, 0.6) is 5.75 Å². The highest BCUT2D eigenvalue weighted by atomic mass is 16.5. The molecular formula is C18H27NO3. The average Bonchev–Trinajstić information content (AvgIpc) is 2.93. The number of benzene rings is 1. The number of nitrogens with one attached hydrogen (secondary N) is 1. The molecular weight excluding hydrogens is 278 g/mol. The number of hydrogen-bond acceptors (Lipinski definition) is 3. The van der Waals surface area contributed by atoms with Gasteiger partial charge in [0, 0.05) is 6.04 Å². The number of aliphatic hydroxyl groups excluding tert-OH is 1. The van der Waals surface area contributed by atoms with Gasteiger partial charge in [-0.25, -0.2) is 0 Å². The van der Waals surface area contributed by atoms with Crippen LogP contribution in [-0.2, 0) is 11.2 Å². The normalized spacial score (nSPS) is 22.6. The highest BCUT2D eigenvalue weighted by Crippen LogP contribution is 2.26. The third-order valence-electron chi connectivity index (χ3n) is 4.58. The fraction of sp³-hybridized carbons (Fsp3) is 0.611. The molecule has 0 radical (unpaired) electrons. The highest BCUT2D eigenvalue weighted by Gasteiger charge is 2.33. The van der Waals surface area contributed by atoms with Crippen LogP contribution in [0.4, 0.5) is 0 Å². The predicted octanol–water partition coefficient (Wildman–Crippen LogP) is 2.54. The van der Waals surface area contributed by atoms with Gasteiger partial charge in [-0.05, 0) is 43.2 Å². The molecule has 0 aromatic heterocycles.